The van der Waals surface area contributed by atoms with Gasteiger partial charge in [-0.15, -0.1) is 0 Å². The number of methoxy groups -OCH3 is 1. The third-order valence-electron chi connectivity index (χ3n) is 3.74. The first-order valence-corrected chi connectivity index (χ1v) is 6.88. The fraction of sp³-hybridized carbons (Fsp3) is 0.600. The van der Waals surface area contributed by atoms with Gasteiger partial charge in [-0.1, -0.05) is 0 Å². The molecule has 0 atom stereocenters. The molecule has 0 saturated heterocycles. The number of benzene rings is 1. The van der Waals surface area contributed by atoms with Crippen molar-refractivity contribution in [3.8, 4) is 17.2 Å². The molecule has 0 bridgehead atoms. The molecule has 0 saturated carbocycles. The molecule has 0 radical (unpaired) electrons. The van der Waals surface area contributed by atoms with Crippen LogP contribution in [0.4, 0.5) is 0 Å². The van der Waals surface area contributed by atoms with E-state index >= 15 is 0 Å². The quantitative estimate of drug-likeness (QED) is 0.764. The molecule has 2 aliphatic rings. The predicted molar refractivity (Wildman–Crippen MR) is 69.9 cm³/mol. The van der Waals surface area contributed by atoms with E-state index in [9.17, 15) is 0 Å². The molecule has 0 spiro atoms. The molecular weight excluding hydrogens is 228 g/mol. The van der Waals surface area contributed by atoms with E-state index < -0.39 is 0 Å². The van der Waals surface area contributed by atoms with Gasteiger partial charge in [0.1, 0.15) is 5.75 Å². The topological polar surface area (TPSA) is 27.7 Å². The molecule has 0 N–H and O–H groups in total. The Labute approximate surface area is 108 Å². The maximum atomic E-state index is 5.97. The van der Waals surface area contributed by atoms with Gasteiger partial charge in [-0.25, -0.2) is 0 Å². The van der Waals surface area contributed by atoms with Gasteiger partial charge in [0.2, 0.25) is 0 Å². The van der Waals surface area contributed by atoms with Crippen molar-refractivity contribution in [1.82, 2.24) is 0 Å². The summed E-state index contributed by atoms with van der Waals surface area (Å²) in [6, 6.07) is 2.10. The van der Waals surface area contributed by atoms with E-state index in [-0.39, 0.29) is 0 Å². The Kier molecular flexibility index (Phi) is 3.31. The van der Waals surface area contributed by atoms with Crippen molar-refractivity contribution in [2.24, 2.45) is 0 Å². The lowest BCUT2D eigenvalue weighted by Gasteiger charge is -2.18. The zero-order valence-corrected chi connectivity index (χ0v) is 11.0. The van der Waals surface area contributed by atoms with Crippen LogP contribution in [0.25, 0.3) is 0 Å². The fourth-order valence-corrected chi connectivity index (χ4v) is 2.81. The molecule has 0 fully saturated rings. The molecule has 98 valence electrons. The maximum absolute atomic E-state index is 5.97. The van der Waals surface area contributed by atoms with Crippen molar-refractivity contribution in [2.45, 2.75) is 38.5 Å². The average Bonchev–Trinajstić information content (AvgIpc) is 2.77. The van der Waals surface area contributed by atoms with Gasteiger partial charge in [-0.3, -0.25) is 0 Å². The number of hydrogen-bond donors (Lipinski definition) is 0. The lowest BCUT2D eigenvalue weighted by Crippen LogP contribution is -2.03. The zero-order valence-electron chi connectivity index (χ0n) is 11.0. The number of rotatable bonds is 1. The molecule has 3 rings (SSSR count). The van der Waals surface area contributed by atoms with Crippen LogP contribution in [0.1, 0.15) is 36.8 Å². The van der Waals surface area contributed by atoms with E-state index in [1.165, 1.54) is 17.5 Å². The Morgan fingerprint density at radius 2 is 1.67 bits per heavy atom. The molecule has 0 amide bonds. The highest BCUT2D eigenvalue weighted by atomic mass is 16.5. The van der Waals surface area contributed by atoms with Crippen molar-refractivity contribution in [3.05, 3.63) is 17.2 Å². The zero-order chi connectivity index (χ0) is 12.4. The van der Waals surface area contributed by atoms with Gasteiger partial charge in [-0.2, -0.15) is 0 Å². The summed E-state index contributed by atoms with van der Waals surface area (Å²) >= 11 is 0. The summed E-state index contributed by atoms with van der Waals surface area (Å²) in [6.07, 6.45) is 6.71. The molecule has 0 aromatic heterocycles. The summed E-state index contributed by atoms with van der Waals surface area (Å²) < 4.78 is 17.3. The van der Waals surface area contributed by atoms with E-state index in [2.05, 4.69) is 6.07 Å². The highest BCUT2D eigenvalue weighted by molar-refractivity contribution is 5.58. The number of fused-ring (bicyclic) bond motifs is 3. The highest BCUT2D eigenvalue weighted by Gasteiger charge is 2.23. The summed E-state index contributed by atoms with van der Waals surface area (Å²) in [7, 11) is 1.72. The van der Waals surface area contributed by atoms with Crippen LogP contribution < -0.4 is 14.2 Å². The lowest BCUT2D eigenvalue weighted by atomic mass is 9.99. The third kappa shape index (κ3) is 2.02. The van der Waals surface area contributed by atoms with Gasteiger partial charge in [0.15, 0.2) is 11.5 Å². The van der Waals surface area contributed by atoms with E-state index in [0.717, 1.165) is 62.6 Å². The molecule has 0 aliphatic carbocycles. The van der Waals surface area contributed by atoms with Crippen molar-refractivity contribution < 1.29 is 14.2 Å². The third-order valence-corrected chi connectivity index (χ3v) is 3.74. The smallest absolute Gasteiger partial charge is 0.168 e. The standard InChI is InChI=1S/C15H20O3/c1-16-13-10-11-6-2-4-8-17-14(11)12-7-3-5-9-18-15(12)13/h10H,2-9H2,1H3. The lowest BCUT2D eigenvalue weighted by molar-refractivity contribution is 0.287. The van der Waals surface area contributed by atoms with Crippen LogP contribution in [0, 0.1) is 0 Å². The molecule has 1 aromatic carbocycles. The normalized spacial score (nSPS) is 18.5. The van der Waals surface area contributed by atoms with Crippen LogP contribution in [0.15, 0.2) is 6.07 Å². The van der Waals surface area contributed by atoms with E-state index in [0.29, 0.717) is 0 Å². The van der Waals surface area contributed by atoms with Crippen LogP contribution in [0.5, 0.6) is 17.2 Å². The summed E-state index contributed by atoms with van der Waals surface area (Å²) in [6.45, 7) is 1.61. The van der Waals surface area contributed by atoms with Crippen LogP contribution in [-0.2, 0) is 12.8 Å². The summed E-state index contributed by atoms with van der Waals surface area (Å²) in [4.78, 5) is 0. The van der Waals surface area contributed by atoms with Crippen molar-refractivity contribution in [1.29, 1.82) is 0 Å². The Morgan fingerprint density at radius 1 is 0.944 bits per heavy atom. The second-order valence-corrected chi connectivity index (χ2v) is 4.99. The second-order valence-electron chi connectivity index (χ2n) is 4.99. The monoisotopic (exact) mass is 248 g/mol. The molecule has 1 aromatic rings. The van der Waals surface area contributed by atoms with Crippen LogP contribution >= 0.6 is 0 Å². The van der Waals surface area contributed by atoms with Gasteiger partial charge in [-0.05, 0) is 50.2 Å². The number of aryl methyl sites for hydroxylation is 1. The van der Waals surface area contributed by atoms with E-state index in [1.807, 2.05) is 0 Å². The summed E-state index contributed by atoms with van der Waals surface area (Å²) in [5.74, 6) is 2.86. The van der Waals surface area contributed by atoms with E-state index in [1.54, 1.807) is 7.11 Å². The minimum absolute atomic E-state index is 0.780. The minimum Gasteiger partial charge on any atom is -0.493 e. The molecule has 18 heavy (non-hydrogen) atoms. The SMILES string of the molecule is COc1cc2c(c3c1OCCCC3)OCCCC2. The largest absolute Gasteiger partial charge is 0.493 e. The van der Waals surface area contributed by atoms with Crippen molar-refractivity contribution in [2.75, 3.05) is 20.3 Å². The van der Waals surface area contributed by atoms with Crippen LogP contribution in [0.2, 0.25) is 0 Å². The first-order valence-electron chi connectivity index (χ1n) is 6.88. The Morgan fingerprint density at radius 3 is 2.44 bits per heavy atom. The van der Waals surface area contributed by atoms with Gasteiger partial charge >= 0.3 is 0 Å². The Bertz CT molecular complexity index is 440. The maximum Gasteiger partial charge on any atom is 0.168 e. The van der Waals surface area contributed by atoms with Crippen LogP contribution in [0.3, 0.4) is 0 Å². The average molecular weight is 248 g/mol. The molecule has 2 heterocycles. The molecule has 3 heteroatoms. The minimum atomic E-state index is 0.780. The highest BCUT2D eigenvalue weighted by Crippen LogP contribution is 2.44. The first-order chi connectivity index (χ1) is 8.90. The first kappa shape index (κ1) is 11.7. The molecule has 2 aliphatic heterocycles. The summed E-state index contributed by atoms with van der Waals surface area (Å²) in [5, 5.41) is 0. The Hall–Kier alpha value is -1.38. The summed E-state index contributed by atoms with van der Waals surface area (Å²) in [5.41, 5.74) is 2.51. The number of ether oxygens (including phenoxy) is 3. The van der Waals surface area contributed by atoms with Crippen molar-refractivity contribution in [3.63, 3.8) is 0 Å². The Balaban J connectivity index is 2.13. The second kappa shape index (κ2) is 5.09. The van der Waals surface area contributed by atoms with Crippen LogP contribution in [-0.4, -0.2) is 20.3 Å². The molecule has 0 unspecified atom stereocenters. The van der Waals surface area contributed by atoms with Crippen molar-refractivity contribution >= 4 is 0 Å². The van der Waals surface area contributed by atoms with E-state index in [4.69, 9.17) is 14.2 Å². The molecular formula is C15H20O3. The van der Waals surface area contributed by atoms with Gasteiger partial charge in [0, 0.05) is 5.56 Å². The van der Waals surface area contributed by atoms with Gasteiger partial charge < -0.3 is 14.2 Å². The van der Waals surface area contributed by atoms with Gasteiger partial charge in [0.25, 0.3) is 0 Å². The van der Waals surface area contributed by atoms with Gasteiger partial charge in [0.05, 0.1) is 20.3 Å². The number of hydrogen-bond acceptors (Lipinski definition) is 3. The fourth-order valence-electron chi connectivity index (χ4n) is 2.81. The predicted octanol–water partition coefficient (Wildman–Crippen LogP) is 3.13. The molecule has 3 nitrogen and oxygen atoms in total.